The number of alkyl carbamates (subject to hydrolysis) is 1. The lowest BCUT2D eigenvalue weighted by molar-refractivity contribution is -0.136. The predicted octanol–water partition coefficient (Wildman–Crippen LogP) is 4.31. The molecule has 0 heterocycles. The van der Waals surface area contributed by atoms with Gasteiger partial charge in [0.25, 0.3) is 0 Å². The summed E-state index contributed by atoms with van der Waals surface area (Å²) in [7, 11) is 3.98. The van der Waals surface area contributed by atoms with E-state index >= 15 is 0 Å². The SMILES string of the molecule is C[C@H](NC(=O)OC(C)(C)C)C(=O)Oc1ccc(Nc2ccc(N(C)C)cc2)cc1. The van der Waals surface area contributed by atoms with Crippen molar-refractivity contribution >= 4 is 29.1 Å². The van der Waals surface area contributed by atoms with Crippen molar-refractivity contribution in [3.63, 3.8) is 0 Å². The molecule has 156 valence electrons. The Labute approximate surface area is 172 Å². The van der Waals surface area contributed by atoms with Gasteiger partial charge in [0.15, 0.2) is 0 Å². The van der Waals surface area contributed by atoms with E-state index in [1.165, 1.54) is 0 Å². The average Bonchev–Trinajstić information content (AvgIpc) is 2.62. The van der Waals surface area contributed by atoms with Gasteiger partial charge >= 0.3 is 12.1 Å². The number of rotatable bonds is 6. The molecule has 2 aromatic rings. The van der Waals surface area contributed by atoms with Gasteiger partial charge in [-0.25, -0.2) is 9.59 Å². The van der Waals surface area contributed by atoms with E-state index in [2.05, 4.69) is 10.6 Å². The summed E-state index contributed by atoms with van der Waals surface area (Å²) in [5.41, 5.74) is 2.30. The molecule has 2 N–H and O–H groups in total. The molecule has 0 radical (unpaired) electrons. The van der Waals surface area contributed by atoms with E-state index in [0.717, 1.165) is 17.1 Å². The number of ether oxygens (including phenoxy) is 2. The van der Waals surface area contributed by atoms with Gasteiger partial charge in [0, 0.05) is 31.2 Å². The molecule has 1 amide bonds. The summed E-state index contributed by atoms with van der Waals surface area (Å²) in [4.78, 5) is 25.9. The number of hydrogen-bond donors (Lipinski definition) is 2. The summed E-state index contributed by atoms with van der Waals surface area (Å²) in [5.74, 6) is -0.183. The average molecular weight is 399 g/mol. The standard InChI is InChI=1S/C22H29N3O4/c1-15(23-21(27)29-22(2,3)4)20(26)28-19-13-9-17(10-14-19)24-16-7-11-18(12-8-16)25(5)6/h7-15,24H,1-6H3,(H,23,27)/t15-/m0/s1. The van der Waals surface area contributed by atoms with Crippen LogP contribution in [-0.4, -0.2) is 37.8 Å². The van der Waals surface area contributed by atoms with Gasteiger partial charge in [-0.2, -0.15) is 0 Å². The second-order valence-corrected chi connectivity index (χ2v) is 7.88. The van der Waals surface area contributed by atoms with E-state index in [9.17, 15) is 9.59 Å². The lowest BCUT2D eigenvalue weighted by Gasteiger charge is -2.21. The van der Waals surface area contributed by atoms with Gasteiger partial charge < -0.3 is 25.0 Å². The Kier molecular flexibility index (Phi) is 7.09. The first-order valence-corrected chi connectivity index (χ1v) is 9.39. The number of nitrogens with one attached hydrogen (secondary N) is 2. The summed E-state index contributed by atoms with van der Waals surface area (Å²) in [6.07, 6.45) is -0.665. The molecule has 1 atom stereocenters. The van der Waals surface area contributed by atoms with Crippen molar-refractivity contribution in [2.24, 2.45) is 0 Å². The van der Waals surface area contributed by atoms with Crippen LogP contribution in [0.1, 0.15) is 27.7 Å². The summed E-state index contributed by atoms with van der Waals surface area (Å²) < 4.78 is 10.4. The van der Waals surface area contributed by atoms with Crippen LogP contribution < -0.4 is 20.3 Å². The second kappa shape index (κ2) is 9.32. The van der Waals surface area contributed by atoms with Crippen LogP contribution >= 0.6 is 0 Å². The van der Waals surface area contributed by atoms with Gasteiger partial charge in [-0.05, 0) is 76.2 Å². The van der Waals surface area contributed by atoms with Crippen molar-refractivity contribution in [1.82, 2.24) is 5.32 Å². The van der Waals surface area contributed by atoms with Crippen LogP contribution in [-0.2, 0) is 9.53 Å². The highest BCUT2D eigenvalue weighted by molar-refractivity contribution is 5.82. The molecule has 0 aromatic heterocycles. The molecule has 29 heavy (non-hydrogen) atoms. The maximum Gasteiger partial charge on any atom is 0.408 e. The topological polar surface area (TPSA) is 79.9 Å². The smallest absolute Gasteiger partial charge is 0.408 e. The van der Waals surface area contributed by atoms with Crippen LogP contribution in [0, 0.1) is 0 Å². The van der Waals surface area contributed by atoms with Gasteiger partial charge in [-0.3, -0.25) is 0 Å². The van der Waals surface area contributed by atoms with Crippen LogP contribution in [0.15, 0.2) is 48.5 Å². The van der Waals surface area contributed by atoms with Gasteiger partial charge in [0.2, 0.25) is 0 Å². The number of carbonyl (C=O) groups is 2. The van der Waals surface area contributed by atoms with Crippen molar-refractivity contribution in [2.75, 3.05) is 24.3 Å². The molecule has 0 aliphatic carbocycles. The molecule has 0 unspecified atom stereocenters. The molecule has 0 saturated carbocycles. The Morgan fingerprint density at radius 1 is 0.931 bits per heavy atom. The zero-order valence-corrected chi connectivity index (χ0v) is 17.8. The zero-order chi connectivity index (χ0) is 21.6. The maximum absolute atomic E-state index is 12.2. The largest absolute Gasteiger partial charge is 0.444 e. The molecule has 7 heteroatoms. The first-order valence-electron chi connectivity index (χ1n) is 9.39. The Hall–Kier alpha value is -3.22. The molecule has 0 spiro atoms. The summed E-state index contributed by atoms with van der Waals surface area (Å²) in [5, 5.41) is 5.75. The summed E-state index contributed by atoms with van der Waals surface area (Å²) in [6.45, 7) is 6.80. The fourth-order valence-electron chi connectivity index (χ4n) is 2.36. The van der Waals surface area contributed by atoms with Gasteiger partial charge in [0.05, 0.1) is 0 Å². The van der Waals surface area contributed by atoms with Crippen LogP contribution in [0.2, 0.25) is 0 Å². The molecular weight excluding hydrogens is 370 g/mol. The van der Waals surface area contributed by atoms with Gasteiger partial charge in [-0.1, -0.05) is 0 Å². The predicted molar refractivity (Wildman–Crippen MR) is 115 cm³/mol. The minimum Gasteiger partial charge on any atom is -0.444 e. The quantitative estimate of drug-likeness (QED) is 0.556. The molecule has 0 saturated heterocycles. The van der Waals surface area contributed by atoms with Crippen molar-refractivity contribution in [1.29, 1.82) is 0 Å². The molecular formula is C22H29N3O4. The highest BCUT2D eigenvalue weighted by Gasteiger charge is 2.22. The van der Waals surface area contributed by atoms with E-state index in [1.807, 2.05) is 55.4 Å². The summed E-state index contributed by atoms with van der Waals surface area (Å²) >= 11 is 0. The van der Waals surface area contributed by atoms with Crippen molar-refractivity contribution in [3.05, 3.63) is 48.5 Å². The van der Waals surface area contributed by atoms with Crippen LogP contribution in [0.3, 0.4) is 0 Å². The van der Waals surface area contributed by atoms with Crippen molar-refractivity contribution < 1.29 is 19.1 Å². The second-order valence-electron chi connectivity index (χ2n) is 7.88. The van der Waals surface area contributed by atoms with E-state index in [-0.39, 0.29) is 0 Å². The highest BCUT2D eigenvalue weighted by atomic mass is 16.6. The number of esters is 1. The maximum atomic E-state index is 12.2. The van der Waals surface area contributed by atoms with Crippen LogP contribution in [0.25, 0.3) is 0 Å². The molecule has 0 fully saturated rings. The third-order valence-corrected chi connectivity index (χ3v) is 3.83. The van der Waals surface area contributed by atoms with Crippen LogP contribution in [0.5, 0.6) is 5.75 Å². The third kappa shape index (κ3) is 7.37. The Bertz CT molecular complexity index is 825. The summed E-state index contributed by atoms with van der Waals surface area (Å²) in [6, 6.07) is 14.2. The van der Waals surface area contributed by atoms with E-state index in [0.29, 0.717) is 5.75 Å². The molecule has 2 aromatic carbocycles. The van der Waals surface area contributed by atoms with Gasteiger partial charge in [0.1, 0.15) is 17.4 Å². The highest BCUT2D eigenvalue weighted by Crippen LogP contribution is 2.22. The lowest BCUT2D eigenvalue weighted by Crippen LogP contribution is -2.43. The molecule has 0 bridgehead atoms. The normalized spacial score (nSPS) is 11.9. The van der Waals surface area contributed by atoms with E-state index in [1.54, 1.807) is 39.8 Å². The fraction of sp³-hybridized carbons (Fsp3) is 0.364. The number of benzene rings is 2. The number of nitrogens with zero attached hydrogens (tertiary/aromatic N) is 1. The lowest BCUT2D eigenvalue weighted by atomic mass is 10.2. The Balaban J connectivity index is 1.89. The number of anilines is 3. The van der Waals surface area contributed by atoms with Crippen molar-refractivity contribution in [2.45, 2.75) is 39.3 Å². The first kappa shape index (κ1) is 22.1. The molecule has 0 aliphatic heterocycles. The van der Waals surface area contributed by atoms with E-state index < -0.39 is 23.7 Å². The third-order valence-electron chi connectivity index (χ3n) is 3.83. The van der Waals surface area contributed by atoms with Gasteiger partial charge in [-0.15, -0.1) is 0 Å². The molecule has 7 nitrogen and oxygen atoms in total. The van der Waals surface area contributed by atoms with Crippen molar-refractivity contribution in [3.8, 4) is 5.75 Å². The minimum atomic E-state index is -0.835. The Morgan fingerprint density at radius 2 is 1.45 bits per heavy atom. The van der Waals surface area contributed by atoms with E-state index in [4.69, 9.17) is 9.47 Å². The number of amides is 1. The Morgan fingerprint density at radius 3 is 1.93 bits per heavy atom. The number of carbonyl (C=O) groups excluding carboxylic acids is 2. The van der Waals surface area contributed by atoms with Crippen LogP contribution in [0.4, 0.5) is 21.9 Å². The molecule has 0 aliphatic rings. The number of hydrogen-bond acceptors (Lipinski definition) is 6. The molecule has 2 rings (SSSR count). The minimum absolute atomic E-state index is 0.390. The fourth-order valence-corrected chi connectivity index (χ4v) is 2.36. The zero-order valence-electron chi connectivity index (χ0n) is 17.8. The first-order chi connectivity index (χ1) is 13.5. The monoisotopic (exact) mass is 399 g/mol.